The van der Waals surface area contributed by atoms with Crippen LogP contribution in [0.1, 0.15) is 26.7 Å². The number of hydrogen-bond acceptors (Lipinski definition) is 4. The van der Waals surface area contributed by atoms with Crippen LogP contribution < -0.4 is 0 Å². The summed E-state index contributed by atoms with van der Waals surface area (Å²) in [6, 6.07) is 0. The Morgan fingerprint density at radius 3 is 2.62 bits per heavy atom. The molecule has 2 aliphatic rings. The van der Waals surface area contributed by atoms with Crippen LogP contribution in [-0.2, 0) is 19.0 Å². The van der Waals surface area contributed by atoms with Crippen molar-refractivity contribution in [1.82, 2.24) is 0 Å². The molecule has 4 atom stereocenters. The van der Waals surface area contributed by atoms with E-state index in [9.17, 15) is 8.42 Å². The fraction of sp³-hybridized carbons (Fsp3) is 0.818. The van der Waals surface area contributed by atoms with Gasteiger partial charge in [-0.15, -0.1) is 0 Å². The van der Waals surface area contributed by atoms with Crippen LogP contribution >= 0.6 is 0 Å². The molecule has 0 amide bonds. The highest BCUT2D eigenvalue weighted by Gasteiger charge is 2.62. The maximum absolute atomic E-state index is 11.2. The van der Waals surface area contributed by atoms with Crippen molar-refractivity contribution in [2.24, 2.45) is 5.92 Å². The van der Waals surface area contributed by atoms with Gasteiger partial charge in [0.05, 0.1) is 12.4 Å². The molecule has 1 heterocycles. The normalized spacial score (nSPS) is 42.6. The van der Waals surface area contributed by atoms with Gasteiger partial charge in [0, 0.05) is 0 Å². The average Bonchev–Trinajstić information content (AvgIpc) is 2.74. The summed E-state index contributed by atoms with van der Waals surface area (Å²) >= 11 is 0. The molecular weight excluding hydrogens is 228 g/mol. The molecule has 1 aliphatic heterocycles. The highest BCUT2D eigenvalue weighted by atomic mass is 32.2. The second kappa shape index (κ2) is 3.55. The summed E-state index contributed by atoms with van der Waals surface area (Å²) in [5, 5.41) is 0. The summed E-state index contributed by atoms with van der Waals surface area (Å²) in [5.74, 6) is 0.298. The number of allylic oxidation sites excluding steroid dienone is 1. The van der Waals surface area contributed by atoms with Crippen LogP contribution in [0.25, 0.3) is 0 Å². The molecule has 5 heteroatoms. The Balaban J connectivity index is 2.13. The molecular formula is C11H18O4S. The number of rotatable bonds is 3. The van der Waals surface area contributed by atoms with E-state index in [2.05, 4.69) is 6.58 Å². The Kier molecular flexibility index (Phi) is 2.68. The Morgan fingerprint density at radius 2 is 2.12 bits per heavy atom. The minimum atomic E-state index is -3.43. The molecule has 2 fully saturated rings. The second-order valence-electron chi connectivity index (χ2n) is 5.09. The van der Waals surface area contributed by atoms with E-state index in [1.165, 1.54) is 0 Å². The van der Waals surface area contributed by atoms with Crippen LogP contribution in [0, 0.1) is 5.92 Å². The fourth-order valence-electron chi connectivity index (χ4n) is 2.43. The third kappa shape index (κ3) is 2.17. The van der Waals surface area contributed by atoms with Crippen LogP contribution in [0.15, 0.2) is 12.2 Å². The quantitative estimate of drug-likeness (QED) is 0.430. The number of hydrogen-bond donors (Lipinski definition) is 0. The molecule has 0 aromatic carbocycles. The van der Waals surface area contributed by atoms with Gasteiger partial charge < -0.3 is 4.74 Å². The molecule has 1 aliphatic carbocycles. The van der Waals surface area contributed by atoms with Crippen molar-refractivity contribution >= 4 is 10.1 Å². The number of ether oxygens (including phenoxy) is 1. The monoisotopic (exact) mass is 246 g/mol. The molecule has 0 N–H and O–H groups in total. The largest absolute Gasteiger partial charge is 0.363 e. The third-order valence-electron chi connectivity index (χ3n) is 3.60. The Labute approximate surface area is 96.7 Å². The predicted octanol–water partition coefficient (Wildman–Crippen LogP) is 1.47. The van der Waals surface area contributed by atoms with Gasteiger partial charge in [0.15, 0.2) is 0 Å². The summed E-state index contributed by atoms with van der Waals surface area (Å²) in [4.78, 5) is 0. The second-order valence-corrected chi connectivity index (χ2v) is 6.69. The van der Waals surface area contributed by atoms with Gasteiger partial charge in [0.2, 0.25) is 0 Å². The van der Waals surface area contributed by atoms with Gasteiger partial charge >= 0.3 is 0 Å². The highest BCUT2D eigenvalue weighted by molar-refractivity contribution is 7.86. The van der Waals surface area contributed by atoms with Crippen LogP contribution in [-0.4, -0.2) is 32.5 Å². The number of epoxide rings is 1. The van der Waals surface area contributed by atoms with E-state index in [-0.39, 0.29) is 12.2 Å². The van der Waals surface area contributed by atoms with E-state index in [0.717, 1.165) is 18.2 Å². The van der Waals surface area contributed by atoms with Crippen molar-refractivity contribution in [2.45, 2.75) is 44.5 Å². The van der Waals surface area contributed by atoms with Crippen LogP contribution in [0.3, 0.4) is 0 Å². The van der Waals surface area contributed by atoms with E-state index in [4.69, 9.17) is 8.92 Å². The molecule has 0 aromatic rings. The van der Waals surface area contributed by atoms with Crippen molar-refractivity contribution in [3.05, 3.63) is 12.2 Å². The molecule has 0 spiro atoms. The maximum atomic E-state index is 11.2. The molecule has 4 nitrogen and oxygen atoms in total. The van der Waals surface area contributed by atoms with Crippen LogP contribution in [0.2, 0.25) is 0 Å². The third-order valence-corrected chi connectivity index (χ3v) is 4.18. The van der Waals surface area contributed by atoms with Gasteiger partial charge in [0.25, 0.3) is 10.1 Å². The van der Waals surface area contributed by atoms with Gasteiger partial charge in [-0.25, -0.2) is 0 Å². The topological polar surface area (TPSA) is 55.9 Å². The van der Waals surface area contributed by atoms with Gasteiger partial charge in [0.1, 0.15) is 11.7 Å². The minimum Gasteiger partial charge on any atom is -0.363 e. The average molecular weight is 246 g/mol. The molecule has 0 bridgehead atoms. The predicted molar refractivity (Wildman–Crippen MR) is 60.5 cm³/mol. The maximum Gasteiger partial charge on any atom is 0.264 e. The summed E-state index contributed by atoms with van der Waals surface area (Å²) in [5.41, 5.74) is 0.661. The fourth-order valence-corrected chi connectivity index (χ4v) is 3.12. The molecule has 0 aromatic heterocycles. The minimum absolute atomic E-state index is 0.120. The van der Waals surface area contributed by atoms with Gasteiger partial charge in [-0.1, -0.05) is 12.2 Å². The lowest BCUT2D eigenvalue weighted by molar-refractivity contribution is 0.0929. The first kappa shape index (κ1) is 12.1. The lowest BCUT2D eigenvalue weighted by Gasteiger charge is -2.30. The molecule has 2 rings (SSSR count). The van der Waals surface area contributed by atoms with Gasteiger partial charge in [-0.3, -0.25) is 4.18 Å². The smallest absolute Gasteiger partial charge is 0.264 e. The first-order valence-corrected chi connectivity index (χ1v) is 7.25. The van der Waals surface area contributed by atoms with Crippen LogP contribution in [0.5, 0.6) is 0 Å². The van der Waals surface area contributed by atoms with Crippen molar-refractivity contribution in [1.29, 1.82) is 0 Å². The van der Waals surface area contributed by atoms with E-state index in [0.29, 0.717) is 12.3 Å². The zero-order valence-electron chi connectivity index (χ0n) is 9.89. The zero-order valence-corrected chi connectivity index (χ0v) is 10.7. The van der Waals surface area contributed by atoms with Crippen molar-refractivity contribution in [2.75, 3.05) is 6.26 Å². The van der Waals surface area contributed by atoms with Crippen molar-refractivity contribution in [3.8, 4) is 0 Å². The SMILES string of the molecule is C=C(C)[C@@H]1C[C@@H]2O[C@]2(C)[C@H](OS(C)(=O)=O)C1. The summed E-state index contributed by atoms with van der Waals surface area (Å²) in [6.45, 7) is 7.81. The van der Waals surface area contributed by atoms with E-state index in [1.807, 2.05) is 13.8 Å². The Bertz CT molecular complexity index is 414. The Hall–Kier alpha value is -0.390. The van der Waals surface area contributed by atoms with Crippen molar-refractivity contribution < 1.29 is 17.3 Å². The van der Waals surface area contributed by atoms with Gasteiger partial charge in [-0.2, -0.15) is 8.42 Å². The summed E-state index contributed by atoms with van der Waals surface area (Å²) in [6.07, 6.45) is 2.43. The molecule has 1 saturated heterocycles. The van der Waals surface area contributed by atoms with E-state index >= 15 is 0 Å². The number of fused-ring (bicyclic) bond motifs is 1. The summed E-state index contributed by atoms with van der Waals surface area (Å²) in [7, 11) is -3.43. The zero-order chi connectivity index (χ0) is 12.1. The molecule has 92 valence electrons. The molecule has 0 radical (unpaired) electrons. The Morgan fingerprint density at radius 1 is 1.50 bits per heavy atom. The first-order valence-electron chi connectivity index (χ1n) is 5.44. The lowest BCUT2D eigenvalue weighted by atomic mass is 9.78. The molecule has 16 heavy (non-hydrogen) atoms. The van der Waals surface area contributed by atoms with E-state index in [1.54, 1.807) is 0 Å². The van der Waals surface area contributed by atoms with E-state index < -0.39 is 15.7 Å². The van der Waals surface area contributed by atoms with Crippen molar-refractivity contribution in [3.63, 3.8) is 0 Å². The summed E-state index contributed by atoms with van der Waals surface area (Å²) < 4.78 is 33.1. The van der Waals surface area contributed by atoms with Crippen LogP contribution in [0.4, 0.5) is 0 Å². The standard InChI is InChI=1S/C11H18O4S/c1-7(2)8-5-9-11(3,14-9)10(6-8)15-16(4,12)13/h8-10H,1,5-6H2,2-4H3/t8-,9+,10-,11+/m1/s1. The first-order chi connectivity index (χ1) is 7.22. The lowest BCUT2D eigenvalue weighted by Crippen LogP contribution is -2.39. The van der Waals surface area contributed by atoms with Gasteiger partial charge in [-0.05, 0) is 32.6 Å². The highest BCUT2D eigenvalue weighted by Crippen LogP contribution is 2.52. The molecule has 0 unspecified atom stereocenters. The molecule has 1 saturated carbocycles.